The van der Waals surface area contributed by atoms with Crippen molar-refractivity contribution in [1.29, 1.82) is 0 Å². The highest BCUT2D eigenvalue weighted by Gasteiger charge is 2.50. The second-order valence-electron chi connectivity index (χ2n) is 7.36. The van der Waals surface area contributed by atoms with E-state index in [4.69, 9.17) is 0 Å². The molecule has 0 amide bonds. The van der Waals surface area contributed by atoms with Gasteiger partial charge in [0.2, 0.25) is 0 Å². The molecule has 0 radical (unpaired) electrons. The molecule has 4 atom stereocenters. The third kappa shape index (κ3) is 4.66. The number of unbranched alkanes of at least 4 members (excludes halogenated alkanes) is 2. The maximum Gasteiger partial charge on any atom is 0.305 e. The molecule has 2 saturated carbocycles. The van der Waals surface area contributed by atoms with E-state index in [1.54, 1.807) is 0 Å². The molecule has 0 unspecified atom stereocenters. The van der Waals surface area contributed by atoms with Gasteiger partial charge >= 0.3 is 5.97 Å². The van der Waals surface area contributed by atoms with Gasteiger partial charge in [0.05, 0.1) is 7.11 Å². The number of esters is 1. The second kappa shape index (κ2) is 8.88. The van der Waals surface area contributed by atoms with Crippen molar-refractivity contribution in [1.82, 2.24) is 0 Å². The lowest BCUT2D eigenvalue weighted by molar-refractivity contribution is -0.140. The molecule has 2 bridgehead atoms. The van der Waals surface area contributed by atoms with Crippen LogP contribution in [0, 0.1) is 17.8 Å². The Kier molecular flexibility index (Phi) is 6.57. The van der Waals surface area contributed by atoms with Crippen LogP contribution in [-0.4, -0.2) is 24.1 Å². The average Bonchev–Trinajstić information content (AvgIpc) is 3.23. The largest absolute Gasteiger partial charge is 0.469 e. The zero-order chi connectivity index (χ0) is 17.6. The summed E-state index contributed by atoms with van der Waals surface area (Å²) in [6.07, 6.45) is 7.53. The lowest BCUT2D eigenvalue weighted by atomic mass is 9.83. The fraction of sp³-hybridized carbons (Fsp3) is 0.619. The predicted molar refractivity (Wildman–Crippen MR) is 101 cm³/mol. The Hall–Kier alpha value is -1.29. The monoisotopic (exact) mass is 360 g/mol. The Morgan fingerprint density at radius 3 is 2.52 bits per heavy atom. The second-order valence-corrected chi connectivity index (χ2v) is 8.61. The number of benzene rings is 1. The summed E-state index contributed by atoms with van der Waals surface area (Å²) in [7, 11) is 1.42. The van der Waals surface area contributed by atoms with E-state index in [1.807, 2.05) is 17.8 Å². The summed E-state index contributed by atoms with van der Waals surface area (Å²) >= 11 is 1.92. The summed E-state index contributed by atoms with van der Waals surface area (Å²) in [4.78, 5) is 25.3. The summed E-state index contributed by atoms with van der Waals surface area (Å²) in [6, 6.07) is 10.5. The summed E-state index contributed by atoms with van der Waals surface area (Å²) in [6.45, 7) is 0. The van der Waals surface area contributed by atoms with Crippen molar-refractivity contribution in [3.8, 4) is 0 Å². The Bertz CT molecular complexity index is 586. The minimum atomic E-state index is -0.154. The SMILES string of the molecule is COC(=O)CCCCCC(=O)[C@H]1[C@H]2CC[C@H](C2)[C@@H]1Sc1ccccc1. The van der Waals surface area contributed by atoms with Gasteiger partial charge in [0.25, 0.3) is 0 Å². The van der Waals surface area contributed by atoms with Gasteiger partial charge in [-0.25, -0.2) is 0 Å². The average molecular weight is 361 g/mol. The van der Waals surface area contributed by atoms with E-state index in [1.165, 1.54) is 31.3 Å². The van der Waals surface area contributed by atoms with Gasteiger partial charge in [-0.1, -0.05) is 24.6 Å². The van der Waals surface area contributed by atoms with Crippen LogP contribution in [0.15, 0.2) is 35.2 Å². The number of ether oxygens (including phenoxy) is 1. The molecule has 2 aliphatic carbocycles. The summed E-state index contributed by atoms with van der Waals surface area (Å²) in [5, 5.41) is 0.462. The van der Waals surface area contributed by atoms with Crippen LogP contribution in [0.4, 0.5) is 0 Å². The third-order valence-electron chi connectivity index (χ3n) is 5.76. The molecular weight excluding hydrogens is 332 g/mol. The van der Waals surface area contributed by atoms with E-state index >= 15 is 0 Å². The molecule has 0 aliphatic heterocycles. The van der Waals surface area contributed by atoms with Crippen molar-refractivity contribution in [3.05, 3.63) is 30.3 Å². The van der Waals surface area contributed by atoms with Crippen molar-refractivity contribution in [3.63, 3.8) is 0 Å². The number of carbonyl (C=O) groups is 2. The van der Waals surface area contributed by atoms with Crippen LogP contribution >= 0.6 is 11.8 Å². The van der Waals surface area contributed by atoms with Crippen molar-refractivity contribution in [2.75, 3.05) is 7.11 Å². The topological polar surface area (TPSA) is 43.4 Å². The van der Waals surface area contributed by atoms with Gasteiger partial charge in [0, 0.05) is 28.9 Å². The first-order valence-electron chi connectivity index (χ1n) is 9.50. The van der Waals surface area contributed by atoms with Gasteiger partial charge in [-0.2, -0.15) is 0 Å². The molecule has 0 aromatic heterocycles. The van der Waals surface area contributed by atoms with Crippen LogP contribution < -0.4 is 0 Å². The van der Waals surface area contributed by atoms with Crippen LogP contribution in [-0.2, 0) is 14.3 Å². The van der Waals surface area contributed by atoms with Gasteiger partial charge < -0.3 is 4.74 Å². The van der Waals surface area contributed by atoms with Gasteiger partial charge in [-0.3, -0.25) is 9.59 Å². The molecule has 1 aromatic carbocycles. The number of fused-ring (bicyclic) bond motifs is 2. The maximum absolute atomic E-state index is 12.9. The molecule has 0 saturated heterocycles. The highest BCUT2D eigenvalue weighted by Crippen LogP contribution is 2.55. The molecule has 2 aliphatic rings. The van der Waals surface area contributed by atoms with E-state index in [0.717, 1.165) is 19.3 Å². The highest BCUT2D eigenvalue weighted by molar-refractivity contribution is 8.00. The number of thioether (sulfide) groups is 1. The molecule has 25 heavy (non-hydrogen) atoms. The first-order valence-corrected chi connectivity index (χ1v) is 10.4. The van der Waals surface area contributed by atoms with Crippen molar-refractivity contribution in [2.24, 2.45) is 17.8 Å². The van der Waals surface area contributed by atoms with Crippen LogP contribution in [0.3, 0.4) is 0 Å². The van der Waals surface area contributed by atoms with Crippen LogP contribution in [0.2, 0.25) is 0 Å². The van der Waals surface area contributed by atoms with Crippen LogP contribution in [0.1, 0.15) is 51.4 Å². The molecule has 1 aromatic rings. The fourth-order valence-electron chi connectivity index (χ4n) is 4.52. The van der Waals surface area contributed by atoms with E-state index in [-0.39, 0.29) is 11.9 Å². The Balaban J connectivity index is 1.50. The normalized spacial score (nSPS) is 27.4. The molecular formula is C21H28O3S. The standard InChI is InChI=1S/C21H28O3S/c1-24-19(23)11-7-3-6-10-18(22)20-15-12-13-16(14-15)21(20)25-17-8-4-2-5-9-17/h2,4-5,8-9,15-16,20-21H,3,6-7,10-14H2,1H3/t15-,16+,20+,21-/m0/s1. The lowest BCUT2D eigenvalue weighted by Crippen LogP contribution is -2.31. The molecule has 3 rings (SSSR count). The van der Waals surface area contributed by atoms with Gasteiger partial charge in [0.15, 0.2) is 0 Å². The summed E-state index contributed by atoms with van der Waals surface area (Å²) in [5.74, 6) is 1.86. The Morgan fingerprint density at radius 2 is 1.76 bits per heavy atom. The molecule has 4 heteroatoms. The molecule has 0 heterocycles. The van der Waals surface area contributed by atoms with Gasteiger partial charge in [0.1, 0.15) is 5.78 Å². The number of hydrogen-bond donors (Lipinski definition) is 0. The van der Waals surface area contributed by atoms with E-state index in [2.05, 4.69) is 29.0 Å². The fourth-order valence-corrected chi connectivity index (χ4v) is 6.11. The minimum absolute atomic E-state index is 0.154. The number of hydrogen-bond acceptors (Lipinski definition) is 4. The quantitative estimate of drug-likeness (QED) is 0.465. The molecule has 136 valence electrons. The van der Waals surface area contributed by atoms with E-state index in [0.29, 0.717) is 35.7 Å². The van der Waals surface area contributed by atoms with Crippen LogP contribution in [0.5, 0.6) is 0 Å². The number of Topliss-reactive ketones (excluding diaryl/α,β-unsaturated/α-hetero) is 1. The number of carbonyl (C=O) groups excluding carboxylic acids is 2. The van der Waals surface area contributed by atoms with Crippen LogP contribution in [0.25, 0.3) is 0 Å². The molecule has 2 fully saturated rings. The first kappa shape index (κ1) is 18.5. The number of ketones is 1. The van der Waals surface area contributed by atoms with Crippen molar-refractivity contribution in [2.45, 2.75) is 61.5 Å². The third-order valence-corrected chi connectivity index (χ3v) is 7.25. The zero-order valence-electron chi connectivity index (χ0n) is 15.0. The van der Waals surface area contributed by atoms with Crippen molar-refractivity contribution < 1.29 is 14.3 Å². The first-order chi connectivity index (χ1) is 12.2. The number of methoxy groups -OCH3 is 1. The van der Waals surface area contributed by atoms with Gasteiger partial charge in [-0.05, 0) is 56.1 Å². The number of rotatable bonds is 9. The smallest absolute Gasteiger partial charge is 0.305 e. The maximum atomic E-state index is 12.9. The van der Waals surface area contributed by atoms with Crippen molar-refractivity contribution >= 4 is 23.5 Å². The van der Waals surface area contributed by atoms with E-state index < -0.39 is 0 Å². The Morgan fingerprint density at radius 1 is 1.04 bits per heavy atom. The summed E-state index contributed by atoms with van der Waals surface area (Å²) in [5.41, 5.74) is 0. The Labute approximate surface area is 154 Å². The minimum Gasteiger partial charge on any atom is -0.469 e. The summed E-state index contributed by atoms with van der Waals surface area (Å²) < 4.78 is 4.65. The molecule has 0 N–H and O–H groups in total. The lowest BCUT2D eigenvalue weighted by Gasteiger charge is -2.29. The van der Waals surface area contributed by atoms with Gasteiger partial charge in [-0.15, -0.1) is 11.8 Å². The molecule has 3 nitrogen and oxygen atoms in total. The molecule has 0 spiro atoms. The van der Waals surface area contributed by atoms with E-state index in [9.17, 15) is 9.59 Å². The highest BCUT2D eigenvalue weighted by atomic mass is 32.2. The zero-order valence-corrected chi connectivity index (χ0v) is 15.8. The predicted octanol–water partition coefficient (Wildman–Crippen LogP) is 4.89.